The third kappa shape index (κ3) is 2.53. The number of nitrogens with one attached hydrogen (secondary N) is 1. The lowest BCUT2D eigenvalue weighted by molar-refractivity contribution is -0.115. The SMILES string of the molecule is Cc1cc(F)ccc1-c1nc(-c2ccc3c(c2)CC(=O)N3)cs1. The van der Waals surface area contributed by atoms with Crippen molar-refractivity contribution in [1.82, 2.24) is 4.98 Å². The Kier molecular flexibility index (Phi) is 3.23. The van der Waals surface area contributed by atoms with E-state index in [1.54, 1.807) is 6.07 Å². The van der Waals surface area contributed by atoms with E-state index in [0.29, 0.717) is 6.42 Å². The smallest absolute Gasteiger partial charge is 0.228 e. The maximum Gasteiger partial charge on any atom is 0.228 e. The van der Waals surface area contributed by atoms with Gasteiger partial charge in [0.25, 0.3) is 0 Å². The van der Waals surface area contributed by atoms with Crippen molar-refractivity contribution >= 4 is 22.9 Å². The largest absolute Gasteiger partial charge is 0.326 e. The molecular formula is C18H13FN2OS. The fourth-order valence-electron chi connectivity index (χ4n) is 2.79. The van der Waals surface area contributed by atoms with Gasteiger partial charge < -0.3 is 5.32 Å². The summed E-state index contributed by atoms with van der Waals surface area (Å²) in [7, 11) is 0. The lowest BCUT2D eigenvalue weighted by atomic mass is 10.1. The van der Waals surface area contributed by atoms with Gasteiger partial charge in [-0.1, -0.05) is 6.07 Å². The summed E-state index contributed by atoms with van der Waals surface area (Å²) in [5.41, 5.74) is 5.55. The predicted octanol–water partition coefficient (Wildman–Crippen LogP) is 4.42. The highest BCUT2D eigenvalue weighted by Gasteiger charge is 2.18. The topological polar surface area (TPSA) is 42.0 Å². The van der Waals surface area contributed by atoms with Crippen LogP contribution in [0, 0.1) is 12.7 Å². The van der Waals surface area contributed by atoms with Gasteiger partial charge in [0.05, 0.1) is 12.1 Å². The van der Waals surface area contributed by atoms with Crippen LogP contribution < -0.4 is 5.32 Å². The van der Waals surface area contributed by atoms with E-state index in [2.05, 4.69) is 10.3 Å². The number of thiazole rings is 1. The minimum Gasteiger partial charge on any atom is -0.326 e. The highest BCUT2D eigenvalue weighted by molar-refractivity contribution is 7.13. The Morgan fingerprint density at radius 1 is 1.22 bits per heavy atom. The summed E-state index contributed by atoms with van der Waals surface area (Å²) in [4.78, 5) is 16.1. The van der Waals surface area contributed by atoms with Crippen LogP contribution in [-0.4, -0.2) is 10.9 Å². The van der Waals surface area contributed by atoms with Crippen molar-refractivity contribution in [3.63, 3.8) is 0 Å². The Labute approximate surface area is 136 Å². The van der Waals surface area contributed by atoms with Crippen molar-refractivity contribution in [2.75, 3.05) is 5.32 Å². The van der Waals surface area contributed by atoms with Gasteiger partial charge in [-0.15, -0.1) is 11.3 Å². The molecule has 0 bridgehead atoms. The molecule has 1 aliphatic rings. The van der Waals surface area contributed by atoms with Gasteiger partial charge in [-0.25, -0.2) is 9.37 Å². The molecule has 3 aromatic rings. The molecule has 0 saturated carbocycles. The van der Waals surface area contributed by atoms with Crippen LogP contribution in [0.25, 0.3) is 21.8 Å². The van der Waals surface area contributed by atoms with Crippen molar-refractivity contribution in [3.05, 3.63) is 58.7 Å². The maximum absolute atomic E-state index is 13.2. The minimum absolute atomic E-state index is 0.0260. The van der Waals surface area contributed by atoms with Crippen LogP contribution in [0.15, 0.2) is 41.8 Å². The van der Waals surface area contributed by atoms with Crippen molar-refractivity contribution in [2.24, 2.45) is 0 Å². The number of nitrogens with zero attached hydrogens (tertiary/aromatic N) is 1. The number of carbonyl (C=O) groups is 1. The van der Waals surface area contributed by atoms with Crippen molar-refractivity contribution < 1.29 is 9.18 Å². The molecular weight excluding hydrogens is 311 g/mol. The first-order chi connectivity index (χ1) is 11.1. The summed E-state index contributed by atoms with van der Waals surface area (Å²) in [6, 6.07) is 10.6. The Morgan fingerprint density at radius 3 is 2.91 bits per heavy atom. The number of hydrogen-bond donors (Lipinski definition) is 1. The van der Waals surface area contributed by atoms with E-state index in [1.807, 2.05) is 30.5 Å². The maximum atomic E-state index is 13.2. The standard InChI is InChI=1S/C18H13FN2OS/c1-10-6-13(19)3-4-14(10)18-21-16(9-23-18)11-2-5-15-12(7-11)8-17(22)20-15/h2-7,9H,8H2,1H3,(H,20,22). The van der Waals surface area contributed by atoms with Gasteiger partial charge in [-0.3, -0.25) is 4.79 Å². The van der Waals surface area contributed by atoms with E-state index in [-0.39, 0.29) is 11.7 Å². The lowest BCUT2D eigenvalue weighted by Gasteiger charge is -2.03. The van der Waals surface area contributed by atoms with Crippen LogP contribution in [0.5, 0.6) is 0 Å². The molecule has 1 aromatic heterocycles. The quantitative estimate of drug-likeness (QED) is 0.758. The molecule has 114 valence electrons. The predicted molar refractivity (Wildman–Crippen MR) is 90.0 cm³/mol. The first-order valence-electron chi connectivity index (χ1n) is 7.25. The van der Waals surface area contributed by atoms with Crippen LogP contribution >= 0.6 is 11.3 Å². The van der Waals surface area contributed by atoms with Gasteiger partial charge in [-0.2, -0.15) is 0 Å². The van der Waals surface area contributed by atoms with E-state index >= 15 is 0 Å². The number of anilines is 1. The van der Waals surface area contributed by atoms with Gasteiger partial charge >= 0.3 is 0 Å². The Balaban J connectivity index is 1.71. The van der Waals surface area contributed by atoms with Crippen molar-refractivity contribution in [3.8, 4) is 21.8 Å². The summed E-state index contributed by atoms with van der Waals surface area (Å²) in [6.45, 7) is 1.88. The number of aromatic nitrogens is 1. The molecule has 0 saturated heterocycles. The monoisotopic (exact) mass is 324 g/mol. The van der Waals surface area contributed by atoms with E-state index in [1.165, 1.54) is 23.5 Å². The number of amides is 1. The zero-order valence-corrected chi connectivity index (χ0v) is 13.2. The summed E-state index contributed by atoms with van der Waals surface area (Å²) in [5, 5.41) is 5.69. The molecule has 0 unspecified atom stereocenters. The van der Waals surface area contributed by atoms with Gasteiger partial charge in [0, 0.05) is 22.2 Å². The molecule has 1 amide bonds. The van der Waals surface area contributed by atoms with E-state index in [0.717, 1.165) is 38.6 Å². The fraction of sp³-hybridized carbons (Fsp3) is 0.111. The third-order valence-electron chi connectivity index (χ3n) is 3.95. The number of aryl methyl sites for hydroxylation is 1. The number of rotatable bonds is 2. The summed E-state index contributed by atoms with van der Waals surface area (Å²) in [5.74, 6) is -0.211. The zero-order chi connectivity index (χ0) is 16.0. The molecule has 0 fully saturated rings. The van der Waals surface area contributed by atoms with Gasteiger partial charge in [0.2, 0.25) is 5.91 Å². The Morgan fingerprint density at radius 2 is 2.09 bits per heavy atom. The molecule has 0 spiro atoms. The Bertz CT molecular complexity index is 933. The fourth-order valence-corrected chi connectivity index (χ4v) is 3.70. The molecule has 1 N–H and O–H groups in total. The molecule has 1 aliphatic heterocycles. The summed E-state index contributed by atoms with van der Waals surface area (Å²) >= 11 is 1.54. The molecule has 4 rings (SSSR count). The van der Waals surface area contributed by atoms with Crippen molar-refractivity contribution in [1.29, 1.82) is 0 Å². The van der Waals surface area contributed by atoms with E-state index in [9.17, 15) is 9.18 Å². The first-order valence-corrected chi connectivity index (χ1v) is 8.13. The van der Waals surface area contributed by atoms with Gasteiger partial charge in [0.15, 0.2) is 0 Å². The molecule has 2 aromatic carbocycles. The van der Waals surface area contributed by atoms with Crippen molar-refractivity contribution in [2.45, 2.75) is 13.3 Å². The molecule has 0 radical (unpaired) electrons. The molecule has 0 aliphatic carbocycles. The van der Waals surface area contributed by atoms with Crippen LogP contribution in [0.4, 0.5) is 10.1 Å². The molecule has 0 atom stereocenters. The third-order valence-corrected chi connectivity index (χ3v) is 4.82. The number of hydrogen-bond acceptors (Lipinski definition) is 3. The average molecular weight is 324 g/mol. The summed E-state index contributed by atoms with van der Waals surface area (Å²) < 4.78 is 13.2. The van der Waals surface area contributed by atoms with E-state index in [4.69, 9.17) is 0 Å². The van der Waals surface area contributed by atoms with Crippen LogP contribution in [0.3, 0.4) is 0 Å². The number of carbonyl (C=O) groups excluding carboxylic acids is 1. The zero-order valence-electron chi connectivity index (χ0n) is 12.4. The Hall–Kier alpha value is -2.53. The molecule has 2 heterocycles. The molecule has 5 heteroatoms. The average Bonchev–Trinajstić information content (AvgIpc) is 3.11. The second-order valence-corrected chi connectivity index (χ2v) is 6.45. The number of halogens is 1. The molecule has 3 nitrogen and oxygen atoms in total. The highest BCUT2D eigenvalue weighted by atomic mass is 32.1. The minimum atomic E-state index is -0.237. The highest BCUT2D eigenvalue weighted by Crippen LogP contribution is 2.33. The van der Waals surface area contributed by atoms with E-state index < -0.39 is 0 Å². The number of benzene rings is 2. The van der Waals surface area contributed by atoms with Gasteiger partial charge in [0.1, 0.15) is 10.8 Å². The van der Waals surface area contributed by atoms with Gasteiger partial charge in [-0.05, 0) is 48.4 Å². The first kappa shape index (κ1) is 14.1. The molecule has 23 heavy (non-hydrogen) atoms. The second-order valence-electron chi connectivity index (χ2n) is 5.59. The van der Waals surface area contributed by atoms with Crippen LogP contribution in [0.1, 0.15) is 11.1 Å². The lowest BCUT2D eigenvalue weighted by Crippen LogP contribution is -2.03. The normalized spacial score (nSPS) is 13.0. The summed E-state index contributed by atoms with van der Waals surface area (Å²) in [6.07, 6.45) is 0.414. The van der Waals surface area contributed by atoms with Crippen LogP contribution in [-0.2, 0) is 11.2 Å². The van der Waals surface area contributed by atoms with Crippen LogP contribution in [0.2, 0.25) is 0 Å². The number of fused-ring (bicyclic) bond motifs is 1. The second kappa shape index (κ2) is 5.28.